The number of methoxy groups -OCH3 is 1. The summed E-state index contributed by atoms with van der Waals surface area (Å²) >= 11 is 0. The van der Waals surface area contributed by atoms with Crippen LogP contribution in [0.25, 0.3) is 11.0 Å². The van der Waals surface area contributed by atoms with Gasteiger partial charge in [0.2, 0.25) is 5.88 Å². The Kier molecular flexibility index (Phi) is 3.53. The van der Waals surface area contributed by atoms with Crippen molar-refractivity contribution in [2.75, 3.05) is 23.6 Å². The van der Waals surface area contributed by atoms with Crippen LogP contribution in [0, 0.1) is 0 Å². The van der Waals surface area contributed by atoms with Crippen LogP contribution in [-0.4, -0.2) is 38.1 Å². The first-order valence-electron chi connectivity index (χ1n) is 8.50. The van der Waals surface area contributed by atoms with E-state index in [0.717, 1.165) is 22.5 Å². The van der Waals surface area contributed by atoms with Crippen LogP contribution in [-0.2, 0) is 0 Å². The van der Waals surface area contributed by atoms with E-state index in [1.807, 2.05) is 64.5 Å². The predicted octanol–water partition coefficient (Wildman–Crippen LogP) is 2.70. The Balaban J connectivity index is 1.37. The van der Waals surface area contributed by atoms with E-state index < -0.39 is 0 Å². The van der Waals surface area contributed by atoms with Crippen LogP contribution >= 0.6 is 0 Å². The van der Waals surface area contributed by atoms with Crippen LogP contribution in [0.15, 0.2) is 73.8 Å². The van der Waals surface area contributed by atoms with Gasteiger partial charge in [-0.05, 0) is 24.3 Å². The third-order valence-corrected chi connectivity index (χ3v) is 4.52. The van der Waals surface area contributed by atoms with E-state index in [1.54, 1.807) is 25.8 Å². The van der Waals surface area contributed by atoms with Gasteiger partial charge >= 0.3 is 0 Å². The molecule has 0 bridgehead atoms. The number of hydrogen-bond donors (Lipinski definition) is 0. The van der Waals surface area contributed by atoms with Crippen molar-refractivity contribution in [1.82, 2.24) is 24.3 Å². The van der Waals surface area contributed by atoms with Crippen molar-refractivity contribution in [3.63, 3.8) is 0 Å². The summed E-state index contributed by atoms with van der Waals surface area (Å²) in [6, 6.07) is 9.85. The minimum absolute atomic E-state index is 0.602. The summed E-state index contributed by atoms with van der Waals surface area (Å²) in [5, 5.41) is 1.09. The van der Waals surface area contributed by atoms with Gasteiger partial charge in [-0.15, -0.1) is 0 Å². The molecule has 27 heavy (non-hydrogen) atoms. The molecule has 0 saturated carbocycles. The standard InChI is InChI=1S/C19H17N7O/c1-27-18-5-4-16(11-21-18)23-9-10-24(14-23)17-12-25(13-22-17)26-8-6-15-3-2-7-20-19(15)26/h2-13H,14H2,1H3. The molecule has 0 radical (unpaired) electrons. The summed E-state index contributed by atoms with van der Waals surface area (Å²) in [5.41, 5.74) is 1.89. The molecule has 4 aromatic heterocycles. The number of anilines is 2. The first kappa shape index (κ1) is 15.4. The number of aromatic nitrogens is 5. The van der Waals surface area contributed by atoms with Gasteiger partial charge in [0.1, 0.15) is 13.0 Å². The maximum Gasteiger partial charge on any atom is 0.213 e. The number of rotatable bonds is 4. The van der Waals surface area contributed by atoms with Gasteiger partial charge in [-0.25, -0.2) is 24.3 Å². The molecule has 4 aromatic rings. The highest BCUT2D eigenvalue weighted by atomic mass is 16.5. The SMILES string of the molecule is COc1ccc(N2C=CN(c3cn(-n4ccc5cccnc54)cn3)C2)cn1. The number of nitrogens with zero attached hydrogens (tertiary/aromatic N) is 7. The average Bonchev–Trinajstić information content (AvgIpc) is 3.46. The van der Waals surface area contributed by atoms with E-state index in [1.165, 1.54) is 0 Å². The second-order valence-corrected chi connectivity index (χ2v) is 6.13. The van der Waals surface area contributed by atoms with E-state index in [2.05, 4.69) is 24.8 Å². The predicted molar refractivity (Wildman–Crippen MR) is 103 cm³/mol. The van der Waals surface area contributed by atoms with Crippen molar-refractivity contribution in [2.24, 2.45) is 0 Å². The number of ether oxygens (including phenoxy) is 1. The van der Waals surface area contributed by atoms with Crippen molar-refractivity contribution in [3.8, 4) is 5.88 Å². The van der Waals surface area contributed by atoms with Gasteiger partial charge in [0.15, 0.2) is 11.5 Å². The molecule has 5 rings (SSSR count). The van der Waals surface area contributed by atoms with E-state index in [4.69, 9.17) is 4.74 Å². The molecule has 0 saturated heterocycles. The molecule has 0 aromatic carbocycles. The van der Waals surface area contributed by atoms with Crippen LogP contribution in [0.1, 0.15) is 0 Å². The molecule has 0 spiro atoms. The van der Waals surface area contributed by atoms with Crippen molar-refractivity contribution in [2.45, 2.75) is 0 Å². The molecule has 134 valence electrons. The van der Waals surface area contributed by atoms with Gasteiger partial charge in [-0.2, -0.15) is 0 Å². The minimum atomic E-state index is 0.602. The quantitative estimate of drug-likeness (QED) is 0.558. The third kappa shape index (κ3) is 2.67. The molecule has 0 fully saturated rings. The molecule has 5 heterocycles. The van der Waals surface area contributed by atoms with Gasteiger partial charge < -0.3 is 14.5 Å². The Bertz CT molecular complexity index is 1110. The number of hydrogen-bond acceptors (Lipinski definition) is 6. The number of pyridine rings is 2. The van der Waals surface area contributed by atoms with Gasteiger partial charge in [-0.3, -0.25) is 0 Å². The van der Waals surface area contributed by atoms with Crippen LogP contribution in [0.5, 0.6) is 5.88 Å². The molecular formula is C19H17N7O. The monoisotopic (exact) mass is 359 g/mol. The van der Waals surface area contributed by atoms with E-state index in [-0.39, 0.29) is 0 Å². The number of imidazole rings is 1. The molecule has 1 aliphatic rings. The van der Waals surface area contributed by atoms with Crippen molar-refractivity contribution in [1.29, 1.82) is 0 Å². The number of fused-ring (bicyclic) bond motifs is 1. The molecule has 0 unspecified atom stereocenters. The van der Waals surface area contributed by atoms with E-state index in [9.17, 15) is 0 Å². The maximum atomic E-state index is 5.11. The second-order valence-electron chi connectivity index (χ2n) is 6.13. The van der Waals surface area contributed by atoms with Crippen LogP contribution in [0.4, 0.5) is 11.5 Å². The summed E-state index contributed by atoms with van der Waals surface area (Å²) in [7, 11) is 1.61. The Labute approximate surface area is 155 Å². The Hall–Kier alpha value is -3.81. The first-order chi connectivity index (χ1) is 13.3. The first-order valence-corrected chi connectivity index (χ1v) is 8.50. The van der Waals surface area contributed by atoms with Crippen LogP contribution in [0.2, 0.25) is 0 Å². The smallest absolute Gasteiger partial charge is 0.213 e. The lowest BCUT2D eigenvalue weighted by Gasteiger charge is -2.19. The zero-order chi connectivity index (χ0) is 18.2. The summed E-state index contributed by atoms with van der Waals surface area (Å²) < 4.78 is 9.01. The topological polar surface area (TPSA) is 64.2 Å². The second kappa shape index (κ2) is 6.17. The Morgan fingerprint density at radius 2 is 1.93 bits per heavy atom. The normalized spacial score (nSPS) is 13.7. The Morgan fingerprint density at radius 3 is 2.78 bits per heavy atom. The summed E-state index contributed by atoms with van der Waals surface area (Å²) in [5.74, 6) is 1.46. The molecular weight excluding hydrogens is 342 g/mol. The average molecular weight is 359 g/mol. The highest BCUT2D eigenvalue weighted by Gasteiger charge is 2.18. The lowest BCUT2D eigenvalue weighted by atomic mass is 10.3. The molecule has 1 aliphatic heterocycles. The lowest BCUT2D eigenvalue weighted by molar-refractivity contribution is 0.398. The van der Waals surface area contributed by atoms with Crippen molar-refractivity contribution >= 4 is 22.5 Å². The summed E-state index contributed by atoms with van der Waals surface area (Å²) in [6.07, 6.45) is 13.4. The molecule has 0 atom stereocenters. The van der Waals surface area contributed by atoms with Crippen LogP contribution in [0.3, 0.4) is 0 Å². The Morgan fingerprint density at radius 1 is 1.00 bits per heavy atom. The lowest BCUT2D eigenvalue weighted by Crippen LogP contribution is -2.24. The van der Waals surface area contributed by atoms with Crippen molar-refractivity contribution in [3.05, 3.63) is 73.8 Å². The zero-order valence-electron chi connectivity index (χ0n) is 14.7. The van der Waals surface area contributed by atoms with E-state index >= 15 is 0 Å². The minimum Gasteiger partial charge on any atom is -0.481 e. The largest absolute Gasteiger partial charge is 0.481 e. The maximum absolute atomic E-state index is 5.11. The fourth-order valence-electron chi connectivity index (χ4n) is 3.11. The fraction of sp³-hybridized carbons (Fsp3) is 0.105. The van der Waals surface area contributed by atoms with Gasteiger partial charge in [0.05, 0.1) is 25.2 Å². The highest BCUT2D eigenvalue weighted by Crippen LogP contribution is 2.24. The molecule has 0 aliphatic carbocycles. The molecule has 8 nitrogen and oxygen atoms in total. The molecule has 8 heteroatoms. The zero-order valence-corrected chi connectivity index (χ0v) is 14.7. The summed E-state index contributed by atoms with van der Waals surface area (Å²) in [6.45, 7) is 0.662. The van der Waals surface area contributed by atoms with Crippen molar-refractivity contribution < 1.29 is 4.74 Å². The van der Waals surface area contributed by atoms with Crippen LogP contribution < -0.4 is 14.5 Å². The fourth-order valence-corrected chi connectivity index (χ4v) is 3.11. The summed E-state index contributed by atoms with van der Waals surface area (Å²) in [4.78, 5) is 17.4. The van der Waals surface area contributed by atoms with Gasteiger partial charge in [0.25, 0.3) is 0 Å². The van der Waals surface area contributed by atoms with Gasteiger partial charge in [0, 0.05) is 36.2 Å². The molecule has 0 amide bonds. The van der Waals surface area contributed by atoms with E-state index in [0.29, 0.717) is 12.5 Å². The third-order valence-electron chi connectivity index (χ3n) is 4.52. The molecule has 0 N–H and O–H groups in total. The highest BCUT2D eigenvalue weighted by molar-refractivity contribution is 5.75. The van der Waals surface area contributed by atoms with Gasteiger partial charge in [-0.1, -0.05) is 0 Å².